The molecule has 0 bridgehead atoms. The first kappa shape index (κ1) is 19.6. The highest BCUT2D eigenvalue weighted by Crippen LogP contribution is 2.18. The molecule has 1 heterocycles. The summed E-state index contributed by atoms with van der Waals surface area (Å²) in [4.78, 5) is 15.4. The van der Waals surface area contributed by atoms with Crippen LogP contribution in [-0.2, 0) is 17.8 Å². The van der Waals surface area contributed by atoms with Crippen LogP contribution in [0.1, 0.15) is 11.1 Å². The second kappa shape index (κ2) is 9.65. The van der Waals surface area contributed by atoms with Crippen LogP contribution in [0.15, 0.2) is 85.1 Å². The molecule has 0 aliphatic carbocycles. The predicted molar refractivity (Wildman–Crippen MR) is 121 cm³/mol. The summed E-state index contributed by atoms with van der Waals surface area (Å²) < 4.78 is 5.78. The molecule has 1 aromatic heterocycles. The van der Waals surface area contributed by atoms with Crippen LogP contribution in [0.5, 0.6) is 5.75 Å². The Morgan fingerprint density at radius 2 is 1.67 bits per heavy atom. The van der Waals surface area contributed by atoms with Crippen LogP contribution < -0.4 is 15.4 Å². The van der Waals surface area contributed by atoms with Crippen LogP contribution in [0.3, 0.4) is 0 Å². The van der Waals surface area contributed by atoms with Crippen molar-refractivity contribution >= 4 is 22.5 Å². The number of carbonyl (C=O) groups is 1. The molecule has 0 aliphatic rings. The van der Waals surface area contributed by atoms with Gasteiger partial charge in [-0.2, -0.15) is 0 Å². The van der Waals surface area contributed by atoms with E-state index < -0.39 is 0 Å². The number of ether oxygens (including phenoxy) is 1. The van der Waals surface area contributed by atoms with Gasteiger partial charge in [0.25, 0.3) is 0 Å². The predicted octanol–water partition coefficient (Wildman–Crippen LogP) is 4.52. The third kappa shape index (κ3) is 5.20. The lowest BCUT2D eigenvalue weighted by atomic mass is 10.1. The van der Waals surface area contributed by atoms with Gasteiger partial charge >= 0.3 is 0 Å². The van der Waals surface area contributed by atoms with Gasteiger partial charge in [-0.25, -0.2) is 0 Å². The molecule has 30 heavy (non-hydrogen) atoms. The van der Waals surface area contributed by atoms with Gasteiger partial charge in [0, 0.05) is 29.3 Å². The van der Waals surface area contributed by atoms with E-state index in [0.29, 0.717) is 13.2 Å². The molecule has 0 fully saturated rings. The van der Waals surface area contributed by atoms with Gasteiger partial charge in [0.05, 0.1) is 6.54 Å². The molecular weight excluding hydrogens is 374 g/mol. The van der Waals surface area contributed by atoms with Gasteiger partial charge in [0.15, 0.2) is 0 Å². The van der Waals surface area contributed by atoms with Crippen molar-refractivity contribution in [3.63, 3.8) is 0 Å². The molecule has 0 saturated carbocycles. The molecule has 5 nitrogen and oxygen atoms in total. The van der Waals surface area contributed by atoms with Crippen molar-refractivity contribution in [3.05, 3.63) is 96.2 Å². The first-order valence-electron chi connectivity index (χ1n) is 10.1. The Hall–Kier alpha value is -3.73. The minimum Gasteiger partial charge on any atom is -0.489 e. The van der Waals surface area contributed by atoms with E-state index in [2.05, 4.69) is 27.8 Å². The molecule has 0 radical (unpaired) electrons. The third-order valence-electron chi connectivity index (χ3n) is 4.95. The number of anilines is 1. The number of hydrogen-bond donors (Lipinski definition) is 3. The molecule has 5 heteroatoms. The maximum atomic E-state index is 12.1. The Morgan fingerprint density at radius 1 is 0.900 bits per heavy atom. The zero-order chi connectivity index (χ0) is 20.6. The van der Waals surface area contributed by atoms with Gasteiger partial charge in [-0.1, -0.05) is 48.5 Å². The maximum absolute atomic E-state index is 12.1. The molecule has 1 amide bonds. The van der Waals surface area contributed by atoms with E-state index >= 15 is 0 Å². The van der Waals surface area contributed by atoms with E-state index in [1.807, 2.05) is 72.9 Å². The number of nitrogens with one attached hydrogen (secondary N) is 3. The minimum absolute atomic E-state index is 0.0285. The number of aromatic nitrogens is 1. The summed E-state index contributed by atoms with van der Waals surface area (Å²) in [6.45, 7) is 1.37. The molecule has 0 saturated heterocycles. The standard InChI is InChI=1S/C25H25N3O2/c29-25(26-15-14-20-16-28-24-9-5-4-8-23(20)24)17-27-21-10-12-22(13-11-21)30-18-19-6-2-1-3-7-19/h1-13,16,27-28H,14-15,17-18H2,(H,26,29). The summed E-state index contributed by atoms with van der Waals surface area (Å²) in [5, 5.41) is 7.32. The first-order valence-corrected chi connectivity index (χ1v) is 10.1. The minimum atomic E-state index is -0.0285. The average Bonchev–Trinajstić information content (AvgIpc) is 3.21. The second-order valence-corrected chi connectivity index (χ2v) is 7.11. The molecule has 0 unspecified atom stereocenters. The average molecular weight is 399 g/mol. The van der Waals surface area contributed by atoms with E-state index in [1.165, 1.54) is 10.9 Å². The fraction of sp³-hybridized carbons (Fsp3) is 0.160. The van der Waals surface area contributed by atoms with Crippen LogP contribution >= 0.6 is 0 Å². The maximum Gasteiger partial charge on any atom is 0.239 e. The van der Waals surface area contributed by atoms with Crippen molar-refractivity contribution in [3.8, 4) is 5.75 Å². The topological polar surface area (TPSA) is 66.2 Å². The fourth-order valence-corrected chi connectivity index (χ4v) is 3.33. The molecule has 152 valence electrons. The van der Waals surface area contributed by atoms with Crippen molar-refractivity contribution in [1.82, 2.24) is 10.3 Å². The van der Waals surface area contributed by atoms with Crippen LogP contribution in [0.2, 0.25) is 0 Å². The summed E-state index contributed by atoms with van der Waals surface area (Å²) in [6.07, 6.45) is 2.81. The molecule has 0 aliphatic heterocycles. The van der Waals surface area contributed by atoms with Crippen molar-refractivity contribution in [2.24, 2.45) is 0 Å². The Labute approximate surface area is 176 Å². The first-order chi connectivity index (χ1) is 14.8. The smallest absolute Gasteiger partial charge is 0.239 e. The van der Waals surface area contributed by atoms with E-state index in [1.54, 1.807) is 0 Å². The van der Waals surface area contributed by atoms with Gasteiger partial charge in [-0.05, 0) is 47.9 Å². The lowest BCUT2D eigenvalue weighted by Gasteiger charge is -2.10. The largest absolute Gasteiger partial charge is 0.489 e. The van der Waals surface area contributed by atoms with E-state index in [-0.39, 0.29) is 12.5 Å². The van der Waals surface area contributed by atoms with E-state index in [9.17, 15) is 4.79 Å². The number of aromatic amines is 1. The van der Waals surface area contributed by atoms with Gasteiger partial charge in [0.2, 0.25) is 5.91 Å². The molecule has 0 atom stereocenters. The van der Waals surface area contributed by atoms with Gasteiger partial charge in [-0.15, -0.1) is 0 Å². The van der Waals surface area contributed by atoms with Gasteiger partial charge in [0.1, 0.15) is 12.4 Å². The third-order valence-corrected chi connectivity index (χ3v) is 4.95. The van der Waals surface area contributed by atoms with Crippen LogP contribution in [0, 0.1) is 0 Å². The lowest BCUT2D eigenvalue weighted by molar-refractivity contribution is -0.119. The Morgan fingerprint density at radius 3 is 2.50 bits per heavy atom. The Bertz CT molecular complexity index is 1090. The number of rotatable bonds is 9. The summed E-state index contributed by atoms with van der Waals surface area (Å²) in [7, 11) is 0. The number of para-hydroxylation sites is 1. The normalized spacial score (nSPS) is 10.7. The summed E-state index contributed by atoms with van der Waals surface area (Å²) in [6, 6.07) is 25.9. The molecule has 3 N–H and O–H groups in total. The highest BCUT2D eigenvalue weighted by atomic mass is 16.5. The van der Waals surface area contributed by atoms with Crippen LogP contribution in [0.25, 0.3) is 10.9 Å². The Kier molecular flexibility index (Phi) is 6.30. The van der Waals surface area contributed by atoms with Crippen molar-refractivity contribution in [1.29, 1.82) is 0 Å². The monoisotopic (exact) mass is 399 g/mol. The highest BCUT2D eigenvalue weighted by Gasteiger charge is 2.05. The second-order valence-electron chi connectivity index (χ2n) is 7.11. The summed E-state index contributed by atoms with van der Waals surface area (Å²) in [5.41, 5.74) is 4.35. The van der Waals surface area contributed by atoms with Crippen molar-refractivity contribution in [2.45, 2.75) is 13.0 Å². The van der Waals surface area contributed by atoms with Crippen LogP contribution in [0.4, 0.5) is 5.69 Å². The van der Waals surface area contributed by atoms with Crippen molar-refractivity contribution in [2.75, 3.05) is 18.4 Å². The number of H-pyrrole nitrogens is 1. The van der Waals surface area contributed by atoms with Crippen LogP contribution in [-0.4, -0.2) is 24.0 Å². The number of fused-ring (bicyclic) bond motifs is 1. The quantitative estimate of drug-likeness (QED) is 0.388. The molecular formula is C25H25N3O2. The van der Waals surface area contributed by atoms with E-state index in [0.717, 1.165) is 28.9 Å². The SMILES string of the molecule is O=C(CNc1ccc(OCc2ccccc2)cc1)NCCc1c[nH]c2ccccc12. The summed E-state index contributed by atoms with van der Waals surface area (Å²) in [5.74, 6) is 0.770. The zero-order valence-electron chi connectivity index (χ0n) is 16.7. The van der Waals surface area contributed by atoms with Gasteiger partial charge < -0.3 is 20.4 Å². The highest BCUT2D eigenvalue weighted by molar-refractivity contribution is 5.83. The van der Waals surface area contributed by atoms with Crippen molar-refractivity contribution < 1.29 is 9.53 Å². The number of benzene rings is 3. The molecule has 3 aromatic carbocycles. The van der Waals surface area contributed by atoms with E-state index in [4.69, 9.17) is 4.74 Å². The molecule has 0 spiro atoms. The number of hydrogen-bond acceptors (Lipinski definition) is 3. The number of amides is 1. The fourth-order valence-electron chi connectivity index (χ4n) is 3.33. The Balaban J connectivity index is 1.18. The van der Waals surface area contributed by atoms with Gasteiger partial charge in [-0.3, -0.25) is 4.79 Å². The summed E-state index contributed by atoms with van der Waals surface area (Å²) >= 11 is 0. The zero-order valence-corrected chi connectivity index (χ0v) is 16.7. The molecule has 4 aromatic rings. The lowest BCUT2D eigenvalue weighted by Crippen LogP contribution is -2.31. The molecule has 4 rings (SSSR count). The number of carbonyl (C=O) groups excluding carboxylic acids is 1.